The van der Waals surface area contributed by atoms with Gasteiger partial charge in [0.05, 0.1) is 0 Å². The van der Waals surface area contributed by atoms with E-state index in [1.165, 1.54) is 6.08 Å². The average molecular weight is 183 g/mol. The van der Waals surface area contributed by atoms with Gasteiger partial charge in [-0.15, -0.1) is 0 Å². The van der Waals surface area contributed by atoms with Crippen molar-refractivity contribution in [3.63, 3.8) is 0 Å². The van der Waals surface area contributed by atoms with Gasteiger partial charge in [-0.3, -0.25) is 9.78 Å². The number of carbonyl (C=O) groups is 1. The maximum atomic E-state index is 10.2. The third kappa shape index (κ3) is 1.55. The van der Waals surface area contributed by atoms with Gasteiger partial charge < -0.3 is 0 Å². The molecule has 1 heterocycles. The summed E-state index contributed by atoms with van der Waals surface area (Å²) in [6.45, 7) is 0. The second-order valence-corrected chi connectivity index (χ2v) is 2.94. The van der Waals surface area contributed by atoms with E-state index in [4.69, 9.17) is 0 Å². The molecule has 0 amide bonds. The Morgan fingerprint density at radius 1 is 1.21 bits per heavy atom. The SMILES string of the molecule is O=CC=Cc1cccc2ccncc12. The van der Waals surface area contributed by atoms with Gasteiger partial charge in [-0.25, -0.2) is 0 Å². The van der Waals surface area contributed by atoms with E-state index in [2.05, 4.69) is 4.98 Å². The molecule has 2 heteroatoms. The Balaban J connectivity index is 2.64. The Hall–Kier alpha value is -1.96. The molecule has 1 aromatic carbocycles. The standard InChI is InChI=1S/C12H9NO/c14-8-2-5-10-3-1-4-11-6-7-13-9-12(10)11/h1-9H. The Morgan fingerprint density at radius 2 is 2.14 bits per heavy atom. The zero-order valence-corrected chi connectivity index (χ0v) is 7.55. The quantitative estimate of drug-likeness (QED) is 0.528. The second-order valence-electron chi connectivity index (χ2n) is 2.94. The van der Waals surface area contributed by atoms with Gasteiger partial charge in [0.2, 0.25) is 0 Å². The number of rotatable bonds is 2. The van der Waals surface area contributed by atoms with E-state index < -0.39 is 0 Å². The molecule has 2 rings (SSSR count). The lowest BCUT2D eigenvalue weighted by Gasteiger charge is -1.99. The molecule has 2 nitrogen and oxygen atoms in total. The van der Waals surface area contributed by atoms with E-state index in [0.29, 0.717) is 0 Å². The van der Waals surface area contributed by atoms with Gasteiger partial charge in [0.25, 0.3) is 0 Å². The summed E-state index contributed by atoms with van der Waals surface area (Å²) >= 11 is 0. The van der Waals surface area contributed by atoms with Crippen LogP contribution in [-0.4, -0.2) is 11.3 Å². The molecule has 0 radical (unpaired) electrons. The van der Waals surface area contributed by atoms with Crippen LogP contribution in [0.25, 0.3) is 16.8 Å². The van der Waals surface area contributed by atoms with E-state index in [1.54, 1.807) is 18.5 Å². The second kappa shape index (κ2) is 3.83. The average Bonchev–Trinajstić information content (AvgIpc) is 2.26. The lowest BCUT2D eigenvalue weighted by atomic mass is 10.1. The summed E-state index contributed by atoms with van der Waals surface area (Å²) < 4.78 is 0. The molecular formula is C12H9NO. The molecule has 14 heavy (non-hydrogen) atoms. The van der Waals surface area contributed by atoms with Crippen molar-refractivity contribution in [2.24, 2.45) is 0 Å². The number of hydrogen-bond donors (Lipinski definition) is 0. The lowest BCUT2D eigenvalue weighted by Crippen LogP contribution is -1.79. The fraction of sp³-hybridized carbons (Fsp3) is 0. The number of benzene rings is 1. The van der Waals surface area contributed by atoms with Crippen molar-refractivity contribution in [2.45, 2.75) is 0 Å². The van der Waals surface area contributed by atoms with Gasteiger partial charge in [-0.05, 0) is 23.1 Å². The zero-order valence-electron chi connectivity index (χ0n) is 7.55. The van der Waals surface area contributed by atoms with E-state index in [9.17, 15) is 4.79 Å². The highest BCUT2D eigenvalue weighted by molar-refractivity contribution is 5.91. The smallest absolute Gasteiger partial charge is 0.142 e. The van der Waals surface area contributed by atoms with Crippen LogP contribution in [0.4, 0.5) is 0 Å². The van der Waals surface area contributed by atoms with Crippen LogP contribution in [0.3, 0.4) is 0 Å². The van der Waals surface area contributed by atoms with Crippen molar-refractivity contribution in [3.8, 4) is 0 Å². The molecule has 0 spiro atoms. The molecule has 0 atom stereocenters. The molecule has 0 N–H and O–H groups in total. The van der Waals surface area contributed by atoms with Crippen molar-refractivity contribution in [3.05, 3.63) is 48.3 Å². The first-order valence-corrected chi connectivity index (χ1v) is 4.36. The fourth-order valence-electron chi connectivity index (χ4n) is 1.43. The predicted molar refractivity (Wildman–Crippen MR) is 56.8 cm³/mol. The molecule has 0 saturated heterocycles. The van der Waals surface area contributed by atoms with Crippen LogP contribution in [0.1, 0.15) is 5.56 Å². The molecule has 1 aromatic heterocycles. The van der Waals surface area contributed by atoms with Gasteiger partial charge in [0.15, 0.2) is 0 Å². The molecule has 0 saturated carbocycles. The highest BCUT2D eigenvalue weighted by Crippen LogP contribution is 2.18. The van der Waals surface area contributed by atoms with Crippen LogP contribution in [0.2, 0.25) is 0 Å². The Morgan fingerprint density at radius 3 is 3.00 bits per heavy atom. The molecule has 2 aromatic rings. The van der Waals surface area contributed by atoms with Crippen molar-refractivity contribution >= 4 is 23.1 Å². The minimum Gasteiger partial charge on any atom is -0.299 e. The van der Waals surface area contributed by atoms with Gasteiger partial charge in [-0.1, -0.05) is 24.3 Å². The molecule has 0 bridgehead atoms. The Labute approximate surface area is 81.9 Å². The molecule has 0 aliphatic heterocycles. The van der Waals surface area contributed by atoms with Crippen LogP contribution in [-0.2, 0) is 4.79 Å². The summed E-state index contributed by atoms with van der Waals surface area (Å²) in [7, 11) is 0. The van der Waals surface area contributed by atoms with Gasteiger partial charge in [0.1, 0.15) is 6.29 Å². The summed E-state index contributed by atoms with van der Waals surface area (Å²) in [5.74, 6) is 0. The molecule has 68 valence electrons. The summed E-state index contributed by atoms with van der Waals surface area (Å²) in [4.78, 5) is 14.3. The summed E-state index contributed by atoms with van der Waals surface area (Å²) in [6.07, 6.45) is 7.61. The monoisotopic (exact) mass is 183 g/mol. The number of nitrogens with zero attached hydrogens (tertiary/aromatic N) is 1. The van der Waals surface area contributed by atoms with E-state index in [-0.39, 0.29) is 0 Å². The largest absolute Gasteiger partial charge is 0.299 e. The van der Waals surface area contributed by atoms with Crippen LogP contribution in [0.15, 0.2) is 42.7 Å². The Bertz CT molecular complexity index is 483. The minimum atomic E-state index is 0.773. The first-order valence-electron chi connectivity index (χ1n) is 4.36. The number of hydrogen-bond acceptors (Lipinski definition) is 2. The van der Waals surface area contributed by atoms with E-state index >= 15 is 0 Å². The molecule has 0 aliphatic rings. The predicted octanol–water partition coefficient (Wildman–Crippen LogP) is 2.45. The lowest BCUT2D eigenvalue weighted by molar-refractivity contribution is -0.104. The first kappa shape index (κ1) is 8.63. The van der Waals surface area contributed by atoms with Crippen LogP contribution in [0.5, 0.6) is 0 Å². The third-order valence-corrected chi connectivity index (χ3v) is 2.07. The Kier molecular flexibility index (Phi) is 2.36. The minimum absolute atomic E-state index is 0.773. The van der Waals surface area contributed by atoms with Crippen molar-refractivity contribution < 1.29 is 4.79 Å². The molecule has 0 aliphatic carbocycles. The number of allylic oxidation sites excluding steroid dienone is 1. The maximum Gasteiger partial charge on any atom is 0.142 e. The van der Waals surface area contributed by atoms with Crippen molar-refractivity contribution in [1.82, 2.24) is 4.98 Å². The molecule has 0 unspecified atom stereocenters. The van der Waals surface area contributed by atoms with Gasteiger partial charge in [-0.2, -0.15) is 0 Å². The summed E-state index contributed by atoms with van der Waals surface area (Å²) in [6, 6.07) is 7.90. The normalized spacial score (nSPS) is 10.9. The topological polar surface area (TPSA) is 30.0 Å². The number of carbonyl (C=O) groups excluding carboxylic acids is 1. The zero-order chi connectivity index (χ0) is 9.80. The summed E-state index contributed by atoms with van der Waals surface area (Å²) in [5.41, 5.74) is 1.02. The van der Waals surface area contributed by atoms with Gasteiger partial charge >= 0.3 is 0 Å². The van der Waals surface area contributed by atoms with Crippen molar-refractivity contribution in [1.29, 1.82) is 0 Å². The maximum absolute atomic E-state index is 10.2. The van der Waals surface area contributed by atoms with Crippen LogP contribution in [0, 0.1) is 0 Å². The number of fused-ring (bicyclic) bond motifs is 1. The molecular weight excluding hydrogens is 174 g/mol. The number of aldehydes is 1. The first-order chi connectivity index (χ1) is 6.92. The third-order valence-electron chi connectivity index (χ3n) is 2.07. The fourth-order valence-corrected chi connectivity index (χ4v) is 1.43. The van der Waals surface area contributed by atoms with E-state index in [1.807, 2.05) is 24.3 Å². The number of pyridine rings is 1. The van der Waals surface area contributed by atoms with Crippen LogP contribution < -0.4 is 0 Å². The van der Waals surface area contributed by atoms with Crippen LogP contribution >= 0.6 is 0 Å². The highest BCUT2D eigenvalue weighted by Gasteiger charge is 1.95. The number of aromatic nitrogens is 1. The summed E-state index contributed by atoms with van der Waals surface area (Å²) in [5, 5.41) is 2.20. The highest BCUT2D eigenvalue weighted by atomic mass is 16.1. The molecule has 0 fully saturated rings. The van der Waals surface area contributed by atoms with E-state index in [0.717, 1.165) is 22.6 Å². The van der Waals surface area contributed by atoms with Gasteiger partial charge in [0, 0.05) is 17.8 Å². The van der Waals surface area contributed by atoms with Crippen molar-refractivity contribution in [2.75, 3.05) is 0 Å².